The third-order valence-corrected chi connectivity index (χ3v) is 5.73. The molecule has 4 rings (SSSR count). The minimum Gasteiger partial charge on any atom is -0.378 e. The molecule has 2 fully saturated rings. The number of anilines is 2. The molecular formula is C23H31FIN5O. The number of hydrogen-bond acceptors (Lipinski definition) is 4. The van der Waals surface area contributed by atoms with Gasteiger partial charge in [0.05, 0.1) is 18.9 Å². The van der Waals surface area contributed by atoms with Gasteiger partial charge >= 0.3 is 0 Å². The molecule has 2 aromatic rings. The second-order valence-electron chi connectivity index (χ2n) is 7.60. The molecule has 2 aromatic carbocycles. The van der Waals surface area contributed by atoms with Crippen molar-refractivity contribution in [2.24, 2.45) is 4.99 Å². The molecule has 0 aliphatic carbocycles. The molecule has 0 radical (unpaired) electrons. The van der Waals surface area contributed by atoms with Crippen molar-refractivity contribution in [3.63, 3.8) is 0 Å². The number of piperazine rings is 1. The number of morpholine rings is 1. The molecule has 2 aliphatic rings. The molecule has 2 heterocycles. The first-order chi connectivity index (χ1) is 14.7. The number of halogens is 2. The van der Waals surface area contributed by atoms with Crippen molar-refractivity contribution in [1.82, 2.24) is 10.2 Å². The van der Waals surface area contributed by atoms with Crippen molar-refractivity contribution >= 4 is 41.3 Å². The Morgan fingerprint density at radius 1 is 0.968 bits per heavy atom. The largest absolute Gasteiger partial charge is 0.378 e. The number of nitrogens with zero attached hydrogens (tertiary/aromatic N) is 4. The Morgan fingerprint density at radius 3 is 2.32 bits per heavy atom. The maximum absolute atomic E-state index is 14.6. The van der Waals surface area contributed by atoms with Crippen molar-refractivity contribution < 1.29 is 9.13 Å². The summed E-state index contributed by atoms with van der Waals surface area (Å²) in [5, 5.41) is 3.39. The monoisotopic (exact) mass is 539 g/mol. The zero-order valence-electron chi connectivity index (χ0n) is 18.0. The number of benzene rings is 2. The van der Waals surface area contributed by atoms with Crippen LogP contribution in [-0.4, -0.2) is 70.4 Å². The fraction of sp³-hybridized carbons (Fsp3) is 0.435. The predicted octanol–water partition coefficient (Wildman–Crippen LogP) is 3.18. The molecule has 8 heteroatoms. The van der Waals surface area contributed by atoms with Gasteiger partial charge in [-0.25, -0.2) is 4.39 Å². The lowest BCUT2D eigenvalue weighted by molar-refractivity contribution is 0.122. The molecule has 2 aliphatic heterocycles. The van der Waals surface area contributed by atoms with Crippen molar-refractivity contribution in [2.75, 3.05) is 69.3 Å². The third-order valence-electron chi connectivity index (χ3n) is 5.73. The van der Waals surface area contributed by atoms with E-state index in [9.17, 15) is 4.39 Å². The fourth-order valence-electron chi connectivity index (χ4n) is 4.05. The van der Waals surface area contributed by atoms with Gasteiger partial charge in [0.25, 0.3) is 0 Å². The molecule has 31 heavy (non-hydrogen) atoms. The highest BCUT2D eigenvalue weighted by molar-refractivity contribution is 14.0. The molecule has 2 saturated heterocycles. The SMILES string of the molecule is CN=C(NCc1ccc(N2CCOCC2)c(F)c1)N1CCN(c2ccccc2)CC1.I. The van der Waals surface area contributed by atoms with Gasteiger partial charge in [0.2, 0.25) is 0 Å². The normalized spacial score (nSPS) is 17.4. The van der Waals surface area contributed by atoms with Crippen LogP contribution in [0.4, 0.5) is 15.8 Å². The molecule has 0 aromatic heterocycles. The van der Waals surface area contributed by atoms with Crippen LogP contribution >= 0.6 is 24.0 Å². The highest BCUT2D eigenvalue weighted by atomic mass is 127. The van der Waals surface area contributed by atoms with Crippen LogP contribution in [0.2, 0.25) is 0 Å². The second kappa shape index (κ2) is 11.5. The van der Waals surface area contributed by atoms with Crippen molar-refractivity contribution in [3.05, 3.63) is 59.9 Å². The molecule has 0 spiro atoms. The molecule has 0 bridgehead atoms. The van der Waals surface area contributed by atoms with Gasteiger partial charge < -0.3 is 24.8 Å². The van der Waals surface area contributed by atoms with Gasteiger partial charge in [-0.1, -0.05) is 24.3 Å². The third kappa shape index (κ3) is 6.00. The van der Waals surface area contributed by atoms with Crippen LogP contribution in [0, 0.1) is 5.82 Å². The number of nitrogens with one attached hydrogen (secondary N) is 1. The Bertz CT molecular complexity index is 852. The van der Waals surface area contributed by atoms with E-state index >= 15 is 0 Å². The Balaban J connectivity index is 0.00000272. The lowest BCUT2D eigenvalue weighted by Crippen LogP contribution is -2.52. The van der Waals surface area contributed by atoms with Crippen LogP contribution in [0.15, 0.2) is 53.5 Å². The van der Waals surface area contributed by atoms with Crippen LogP contribution in [0.3, 0.4) is 0 Å². The van der Waals surface area contributed by atoms with Crippen LogP contribution < -0.4 is 15.1 Å². The summed E-state index contributed by atoms with van der Waals surface area (Å²) in [6, 6.07) is 16.0. The highest BCUT2D eigenvalue weighted by Gasteiger charge is 2.20. The summed E-state index contributed by atoms with van der Waals surface area (Å²) in [5.74, 6) is 0.683. The molecular weight excluding hydrogens is 508 g/mol. The van der Waals surface area contributed by atoms with E-state index in [1.807, 2.05) is 23.1 Å². The standard InChI is InChI=1S/C23H30FN5O.HI/c1-25-23(29-11-9-27(10-12-29)20-5-3-2-4-6-20)26-18-19-7-8-22(21(24)17-19)28-13-15-30-16-14-28;/h2-8,17H,9-16,18H2,1H3,(H,25,26);1H. The minimum absolute atomic E-state index is 0. The quantitative estimate of drug-likeness (QED) is 0.368. The molecule has 1 N–H and O–H groups in total. The van der Waals surface area contributed by atoms with Gasteiger partial charge in [-0.3, -0.25) is 4.99 Å². The molecule has 0 unspecified atom stereocenters. The number of ether oxygens (including phenoxy) is 1. The smallest absolute Gasteiger partial charge is 0.194 e. The van der Waals surface area contributed by atoms with Gasteiger partial charge in [0.1, 0.15) is 5.82 Å². The summed E-state index contributed by atoms with van der Waals surface area (Å²) in [5.41, 5.74) is 2.83. The van der Waals surface area contributed by atoms with Gasteiger partial charge in [-0.15, -0.1) is 24.0 Å². The van der Waals surface area contributed by atoms with E-state index in [1.165, 1.54) is 5.69 Å². The van der Waals surface area contributed by atoms with Crippen molar-refractivity contribution in [2.45, 2.75) is 6.54 Å². The van der Waals surface area contributed by atoms with Crippen LogP contribution in [-0.2, 0) is 11.3 Å². The summed E-state index contributed by atoms with van der Waals surface area (Å²) < 4.78 is 20.0. The zero-order valence-corrected chi connectivity index (χ0v) is 20.3. The molecule has 0 saturated carbocycles. The Kier molecular flexibility index (Phi) is 8.77. The summed E-state index contributed by atoms with van der Waals surface area (Å²) in [4.78, 5) is 11.1. The summed E-state index contributed by atoms with van der Waals surface area (Å²) in [6.07, 6.45) is 0. The van der Waals surface area contributed by atoms with Crippen LogP contribution in [0.1, 0.15) is 5.56 Å². The Hall–Kier alpha value is -2.07. The maximum Gasteiger partial charge on any atom is 0.194 e. The number of aliphatic imine (C=N–C) groups is 1. The zero-order chi connectivity index (χ0) is 20.8. The minimum atomic E-state index is -0.178. The average Bonchev–Trinajstić information content (AvgIpc) is 2.81. The van der Waals surface area contributed by atoms with E-state index in [4.69, 9.17) is 4.74 Å². The molecule has 168 valence electrons. The number of rotatable bonds is 4. The summed E-state index contributed by atoms with van der Waals surface area (Å²) >= 11 is 0. The van der Waals surface area contributed by atoms with Crippen molar-refractivity contribution in [1.29, 1.82) is 0 Å². The van der Waals surface area contributed by atoms with E-state index in [1.54, 1.807) is 13.1 Å². The summed E-state index contributed by atoms with van der Waals surface area (Å²) in [7, 11) is 1.80. The van der Waals surface area contributed by atoms with E-state index in [-0.39, 0.29) is 29.8 Å². The van der Waals surface area contributed by atoms with E-state index in [0.717, 1.165) is 50.8 Å². The first kappa shape index (κ1) is 23.6. The molecule has 0 amide bonds. The number of para-hydroxylation sites is 1. The first-order valence-corrected chi connectivity index (χ1v) is 10.6. The van der Waals surface area contributed by atoms with E-state index < -0.39 is 0 Å². The number of guanidine groups is 1. The molecule has 0 atom stereocenters. The van der Waals surface area contributed by atoms with Gasteiger partial charge in [-0.2, -0.15) is 0 Å². The maximum atomic E-state index is 14.6. The van der Waals surface area contributed by atoms with Crippen LogP contribution in [0.5, 0.6) is 0 Å². The topological polar surface area (TPSA) is 43.3 Å². The first-order valence-electron chi connectivity index (χ1n) is 10.6. The summed E-state index contributed by atoms with van der Waals surface area (Å²) in [6.45, 7) is 7.02. The van der Waals surface area contributed by atoms with Gasteiger partial charge in [0, 0.05) is 58.5 Å². The molecule has 6 nitrogen and oxygen atoms in total. The van der Waals surface area contributed by atoms with Gasteiger partial charge in [-0.05, 0) is 29.8 Å². The highest BCUT2D eigenvalue weighted by Crippen LogP contribution is 2.22. The fourth-order valence-corrected chi connectivity index (χ4v) is 4.05. The van der Waals surface area contributed by atoms with Crippen molar-refractivity contribution in [3.8, 4) is 0 Å². The van der Waals surface area contributed by atoms with E-state index in [2.05, 4.69) is 44.4 Å². The average molecular weight is 539 g/mol. The van der Waals surface area contributed by atoms with E-state index in [0.29, 0.717) is 25.4 Å². The number of hydrogen-bond donors (Lipinski definition) is 1. The Labute approximate surface area is 201 Å². The lowest BCUT2D eigenvalue weighted by Gasteiger charge is -2.37. The van der Waals surface area contributed by atoms with Gasteiger partial charge in [0.15, 0.2) is 5.96 Å². The lowest BCUT2D eigenvalue weighted by atomic mass is 10.1. The Morgan fingerprint density at radius 2 is 1.68 bits per heavy atom. The van der Waals surface area contributed by atoms with Crippen LogP contribution in [0.25, 0.3) is 0 Å². The predicted molar refractivity (Wildman–Crippen MR) is 135 cm³/mol. The second-order valence-corrected chi connectivity index (χ2v) is 7.60.